The molecule has 1 N–H and O–H groups in total. The minimum Gasteiger partial charge on any atom is -0.469 e. The number of esters is 1. The Labute approximate surface area is 231 Å². The van der Waals surface area contributed by atoms with E-state index in [1.54, 1.807) is 53.4 Å². The fourth-order valence-electron chi connectivity index (χ4n) is 4.31. The summed E-state index contributed by atoms with van der Waals surface area (Å²) in [6.07, 6.45) is -0.139. The number of piperazine rings is 1. The van der Waals surface area contributed by atoms with Crippen molar-refractivity contribution >= 4 is 60.8 Å². The lowest BCUT2D eigenvalue weighted by molar-refractivity contribution is -0.142. The topological polar surface area (TPSA) is 111 Å². The number of sulfonamides is 1. The molecule has 1 aliphatic rings. The largest absolute Gasteiger partial charge is 0.469 e. The summed E-state index contributed by atoms with van der Waals surface area (Å²) >= 11 is 7.20. The standard InChI is InChI=1S/C26H29ClN4O5S2/c1-4-29(2)25(28)17-5-7-18(8-6-17)26(33)31-12-11-30(16-21(31)15-23(32)36-3)38(34,35)24-13-19-9-10-20(27)14-22(19)37-24/h5-10,13-14,21,28H,4,11-12,15-16H2,1-3H3. The Morgan fingerprint density at radius 1 is 1.13 bits per heavy atom. The number of carbonyl (C=O) groups is 2. The first-order valence-corrected chi connectivity index (χ1v) is 14.7. The molecule has 3 aromatic rings. The van der Waals surface area contributed by atoms with E-state index in [0.29, 0.717) is 28.5 Å². The van der Waals surface area contributed by atoms with Gasteiger partial charge in [0.1, 0.15) is 10.0 Å². The minimum absolute atomic E-state index is 0.0395. The molecule has 0 radical (unpaired) electrons. The molecular formula is C26H29ClN4O5S2. The Morgan fingerprint density at radius 2 is 1.82 bits per heavy atom. The fourth-order valence-corrected chi connectivity index (χ4v) is 7.61. The quantitative estimate of drug-likeness (QED) is 0.259. The van der Waals surface area contributed by atoms with Crippen LogP contribution in [0.5, 0.6) is 0 Å². The molecule has 1 saturated heterocycles. The third-order valence-electron chi connectivity index (χ3n) is 6.65. The van der Waals surface area contributed by atoms with Crippen LogP contribution in [-0.4, -0.2) is 86.6 Å². The maximum Gasteiger partial charge on any atom is 0.307 e. The van der Waals surface area contributed by atoms with Gasteiger partial charge in [0.15, 0.2) is 0 Å². The highest BCUT2D eigenvalue weighted by atomic mass is 35.5. The monoisotopic (exact) mass is 576 g/mol. The van der Waals surface area contributed by atoms with Crippen molar-refractivity contribution in [3.63, 3.8) is 0 Å². The molecule has 1 atom stereocenters. The second-order valence-electron chi connectivity index (χ2n) is 8.98. The molecule has 1 amide bonds. The third-order valence-corrected chi connectivity index (χ3v) is 10.3. The highest BCUT2D eigenvalue weighted by Crippen LogP contribution is 2.33. The molecule has 9 nitrogen and oxygen atoms in total. The van der Waals surface area contributed by atoms with Crippen LogP contribution in [0.25, 0.3) is 10.1 Å². The number of ether oxygens (including phenoxy) is 1. The van der Waals surface area contributed by atoms with Crippen molar-refractivity contribution in [2.75, 3.05) is 40.3 Å². The van der Waals surface area contributed by atoms with E-state index in [2.05, 4.69) is 0 Å². The molecule has 12 heteroatoms. The highest BCUT2D eigenvalue weighted by molar-refractivity contribution is 7.91. The highest BCUT2D eigenvalue weighted by Gasteiger charge is 2.38. The number of methoxy groups -OCH3 is 1. The molecule has 0 bridgehead atoms. The molecule has 0 spiro atoms. The van der Waals surface area contributed by atoms with Crippen LogP contribution in [-0.2, 0) is 19.6 Å². The van der Waals surface area contributed by atoms with Gasteiger partial charge in [-0.05, 0) is 42.6 Å². The van der Waals surface area contributed by atoms with Gasteiger partial charge in [-0.25, -0.2) is 8.42 Å². The zero-order chi connectivity index (χ0) is 27.6. The van der Waals surface area contributed by atoms with Crippen LogP contribution in [0.1, 0.15) is 29.3 Å². The van der Waals surface area contributed by atoms with Gasteiger partial charge < -0.3 is 14.5 Å². The van der Waals surface area contributed by atoms with Crippen molar-refractivity contribution in [1.29, 1.82) is 5.41 Å². The Balaban J connectivity index is 1.57. The predicted molar refractivity (Wildman–Crippen MR) is 149 cm³/mol. The maximum absolute atomic E-state index is 13.5. The lowest BCUT2D eigenvalue weighted by Crippen LogP contribution is -2.57. The van der Waals surface area contributed by atoms with E-state index in [9.17, 15) is 18.0 Å². The number of amidine groups is 1. The van der Waals surface area contributed by atoms with Gasteiger partial charge in [0.2, 0.25) is 0 Å². The number of hydrogen-bond donors (Lipinski definition) is 1. The maximum atomic E-state index is 13.5. The summed E-state index contributed by atoms with van der Waals surface area (Å²) in [5.74, 6) is -0.498. The second-order valence-corrected chi connectivity index (χ2v) is 12.7. The van der Waals surface area contributed by atoms with E-state index in [0.717, 1.165) is 21.4 Å². The molecule has 1 unspecified atom stereocenters. The van der Waals surface area contributed by atoms with Crippen molar-refractivity contribution in [1.82, 2.24) is 14.1 Å². The summed E-state index contributed by atoms with van der Waals surface area (Å²) < 4.78 is 34.2. The van der Waals surface area contributed by atoms with Crippen molar-refractivity contribution in [3.8, 4) is 0 Å². The number of nitrogens with zero attached hydrogens (tertiary/aromatic N) is 3. The third kappa shape index (κ3) is 5.70. The first kappa shape index (κ1) is 28.0. The molecule has 202 valence electrons. The molecule has 1 fully saturated rings. The van der Waals surface area contributed by atoms with Crippen molar-refractivity contribution < 1.29 is 22.7 Å². The summed E-state index contributed by atoms with van der Waals surface area (Å²) in [4.78, 5) is 29.0. The van der Waals surface area contributed by atoms with Crippen LogP contribution < -0.4 is 0 Å². The van der Waals surface area contributed by atoms with E-state index in [4.69, 9.17) is 21.7 Å². The molecule has 0 saturated carbocycles. The molecule has 0 aliphatic carbocycles. The molecule has 1 aliphatic heterocycles. The van der Waals surface area contributed by atoms with Crippen LogP contribution in [0.15, 0.2) is 52.7 Å². The Kier molecular flexibility index (Phi) is 8.41. The van der Waals surface area contributed by atoms with Crippen LogP contribution in [0.2, 0.25) is 5.02 Å². The van der Waals surface area contributed by atoms with E-state index in [-0.39, 0.29) is 36.2 Å². The number of carbonyl (C=O) groups excluding carboxylic acids is 2. The van der Waals surface area contributed by atoms with Crippen molar-refractivity contribution in [2.45, 2.75) is 23.6 Å². The SMILES string of the molecule is CCN(C)C(=N)c1ccc(C(=O)N2CCN(S(=O)(=O)c3cc4ccc(Cl)cc4s3)CC2CC(=O)OC)cc1. The summed E-state index contributed by atoms with van der Waals surface area (Å²) in [5.41, 5.74) is 1.07. The summed E-state index contributed by atoms with van der Waals surface area (Å²) in [5, 5.41) is 9.55. The molecular weight excluding hydrogens is 548 g/mol. The number of fused-ring (bicyclic) bond motifs is 1. The van der Waals surface area contributed by atoms with Crippen molar-refractivity contribution in [3.05, 3.63) is 64.7 Å². The molecule has 2 heterocycles. The van der Waals surface area contributed by atoms with E-state index < -0.39 is 22.0 Å². The van der Waals surface area contributed by atoms with Crippen LogP contribution in [0.3, 0.4) is 0 Å². The average Bonchev–Trinajstić information content (AvgIpc) is 3.36. The molecule has 38 heavy (non-hydrogen) atoms. The number of thiophene rings is 1. The predicted octanol–water partition coefficient (Wildman–Crippen LogP) is 3.91. The summed E-state index contributed by atoms with van der Waals surface area (Å²) in [6.45, 7) is 2.79. The average molecular weight is 577 g/mol. The zero-order valence-corrected chi connectivity index (χ0v) is 23.7. The van der Waals surface area contributed by atoms with Gasteiger partial charge in [0, 0.05) is 54.1 Å². The smallest absolute Gasteiger partial charge is 0.307 e. The van der Waals surface area contributed by atoms with Crippen LogP contribution in [0.4, 0.5) is 0 Å². The van der Waals surface area contributed by atoms with E-state index in [1.165, 1.54) is 16.3 Å². The number of hydrogen-bond acceptors (Lipinski definition) is 7. The number of halogens is 1. The van der Waals surface area contributed by atoms with E-state index in [1.807, 2.05) is 14.0 Å². The van der Waals surface area contributed by atoms with Gasteiger partial charge in [-0.3, -0.25) is 15.0 Å². The first-order valence-electron chi connectivity index (χ1n) is 12.0. The summed E-state index contributed by atoms with van der Waals surface area (Å²) in [7, 11) is -0.783. The van der Waals surface area contributed by atoms with Gasteiger partial charge in [0.25, 0.3) is 15.9 Å². The molecule has 2 aromatic carbocycles. The van der Waals surface area contributed by atoms with E-state index >= 15 is 0 Å². The number of benzene rings is 2. The summed E-state index contributed by atoms with van der Waals surface area (Å²) in [6, 6.07) is 12.9. The Hall–Kier alpha value is -2.99. The zero-order valence-electron chi connectivity index (χ0n) is 21.3. The lowest BCUT2D eigenvalue weighted by Gasteiger charge is -2.40. The van der Waals surface area contributed by atoms with Crippen molar-refractivity contribution in [2.24, 2.45) is 0 Å². The first-order chi connectivity index (χ1) is 18.0. The number of nitrogens with one attached hydrogen (secondary N) is 1. The second kappa shape index (κ2) is 11.4. The number of amides is 1. The van der Waals surface area contributed by atoms with Crippen LogP contribution >= 0.6 is 22.9 Å². The number of rotatable bonds is 7. The van der Waals surface area contributed by atoms with Gasteiger partial charge in [-0.2, -0.15) is 4.31 Å². The van der Waals surface area contributed by atoms with Crippen LogP contribution in [0, 0.1) is 5.41 Å². The Bertz CT molecular complexity index is 1470. The molecule has 1 aromatic heterocycles. The minimum atomic E-state index is -3.86. The van der Waals surface area contributed by atoms with Gasteiger partial charge in [-0.15, -0.1) is 11.3 Å². The van der Waals surface area contributed by atoms with Gasteiger partial charge >= 0.3 is 5.97 Å². The fraction of sp³-hybridized carbons (Fsp3) is 0.346. The lowest BCUT2D eigenvalue weighted by atomic mass is 10.1. The van der Waals surface area contributed by atoms with Gasteiger partial charge in [0.05, 0.1) is 19.6 Å². The normalized spacial score (nSPS) is 16.4. The Morgan fingerprint density at radius 3 is 2.47 bits per heavy atom. The van der Waals surface area contributed by atoms with Gasteiger partial charge in [-0.1, -0.05) is 29.8 Å². The molecule has 4 rings (SSSR count).